The molecule has 1 aliphatic heterocycles. The molecule has 1 atom stereocenters. The van der Waals surface area contributed by atoms with E-state index >= 15 is 0 Å². The molecule has 6 nitrogen and oxygen atoms in total. The second kappa shape index (κ2) is 6.47. The molecule has 0 saturated carbocycles. The number of urea groups is 1. The smallest absolute Gasteiger partial charge is 0.320 e. The zero-order chi connectivity index (χ0) is 13.7. The minimum absolute atomic E-state index is 0.217. The molecule has 1 fully saturated rings. The summed E-state index contributed by atoms with van der Waals surface area (Å²) in [6.45, 7) is 7.88. The molecule has 2 heterocycles. The van der Waals surface area contributed by atoms with Gasteiger partial charge < -0.3 is 10.2 Å². The van der Waals surface area contributed by atoms with Gasteiger partial charge in [0.15, 0.2) is 0 Å². The van der Waals surface area contributed by atoms with Crippen molar-refractivity contribution in [1.29, 1.82) is 0 Å². The molecule has 0 radical (unpaired) electrons. The van der Waals surface area contributed by atoms with Crippen LogP contribution in [0.2, 0.25) is 0 Å². The van der Waals surface area contributed by atoms with E-state index in [0.29, 0.717) is 18.2 Å². The molecule has 2 amide bonds. The molecule has 1 aromatic heterocycles. The largest absolute Gasteiger partial charge is 0.337 e. The number of nitrogens with one attached hydrogen (secondary N) is 2. The van der Waals surface area contributed by atoms with Crippen molar-refractivity contribution in [1.82, 2.24) is 20.2 Å². The highest BCUT2D eigenvalue weighted by Gasteiger charge is 2.17. The first-order valence-electron chi connectivity index (χ1n) is 6.70. The zero-order valence-corrected chi connectivity index (χ0v) is 11.5. The van der Waals surface area contributed by atoms with E-state index in [4.69, 9.17) is 0 Å². The topological polar surface area (TPSA) is 70.2 Å². The lowest BCUT2D eigenvalue weighted by atomic mass is 10.2. The number of anilines is 1. The standard InChI is InChI=1S/C13H21N5O/c1-10-4-7-18(9-10)8-6-15-13(19)17-12-3-5-14-11(2)16-12/h3,5,10H,4,6-9H2,1-2H3,(H2,14,15,16,17,19). The summed E-state index contributed by atoms with van der Waals surface area (Å²) in [5, 5.41) is 5.54. The lowest BCUT2D eigenvalue weighted by Crippen LogP contribution is -2.36. The molecular weight excluding hydrogens is 242 g/mol. The average Bonchev–Trinajstić information content (AvgIpc) is 2.75. The van der Waals surface area contributed by atoms with Gasteiger partial charge in [0.1, 0.15) is 11.6 Å². The van der Waals surface area contributed by atoms with E-state index < -0.39 is 0 Å². The van der Waals surface area contributed by atoms with E-state index in [-0.39, 0.29) is 6.03 Å². The number of hydrogen-bond acceptors (Lipinski definition) is 4. The van der Waals surface area contributed by atoms with Gasteiger partial charge in [0.05, 0.1) is 0 Å². The molecule has 1 aromatic rings. The van der Waals surface area contributed by atoms with Crippen LogP contribution in [0.15, 0.2) is 12.3 Å². The van der Waals surface area contributed by atoms with Crippen molar-refractivity contribution in [3.05, 3.63) is 18.1 Å². The molecule has 6 heteroatoms. The summed E-state index contributed by atoms with van der Waals surface area (Å²) in [4.78, 5) is 22.1. The molecule has 2 rings (SSSR count). The SMILES string of the molecule is Cc1nccc(NC(=O)NCCN2CCC(C)C2)n1. The third kappa shape index (κ3) is 4.48. The van der Waals surface area contributed by atoms with Gasteiger partial charge in [-0.05, 0) is 31.9 Å². The van der Waals surface area contributed by atoms with Gasteiger partial charge in [-0.25, -0.2) is 14.8 Å². The van der Waals surface area contributed by atoms with Crippen molar-refractivity contribution >= 4 is 11.8 Å². The Morgan fingerprint density at radius 3 is 3.11 bits per heavy atom. The molecule has 0 spiro atoms. The first kappa shape index (κ1) is 13.7. The van der Waals surface area contributed by atoms with Crippen LogP contribution >= 0.6 is 0 Å². The van der Waals surface area contributed by atoms with Crippen molar-refractivity contribution in [2.24, 2.45) is 5.92 Å². The van der Waals surface area contributed by atoms with Crippen LogP contribution in [0, 0.1) is 12.8 Å². The van der Waals surface area contributed by atoms with Crippen molar-refractivity contribution in [2.75, 3.05) is 31.5 Å². The van der Waals surface area contributed by atoms with E-state index in [0.717, 1.165) is 25.6 Å². The van der Waals surface area contributed by atoms with Crippen molar-refractivity contribution in [3.8, 4) is 0 Å². The van der Waals surface area contributed by atoms with E-state index in [1.807, 2.05) is 0 Å². The molecule has 0 bridgehead atoms. The molecule has 1 saturated heterocycles. The maximum absolute atomic E-state index is 11.7. The summed E-state index contributed by atoms with van der Waals surface area (Å²) in [6, 6.07) is 1.46. The summed E-state index contributed by atoms with van der Waals surface area (Å²) < 4.78 is 0. The predicted molar refractivity (Wildman–Crippen MR) is 74.0 cm³/mol. The lowest BCUT2D eigenvalue weighted by molar-refractivity contribution is 0.249. The summed E-state index contributed by atoms with van der Waals surface area (Å²) in [6.07, 6.45) is 2.88. The highest BCUT2D eigenvalue weighted by molar-refractivity contribution is 5.88. The van der Waals surface area contributed by atoms with Gasteiger partial charge in [0.2, 0.25) is 0 Å². The zero-order valence-electron chi connectivity index (χ0n) is 11.5. The third-order valence-electron chi connectivity index (χ3n) is 3.24. The third-order valence-corrected chi connectivity index (χ3v) is 3.24. The summed E-state index contributed by atoms with van der Waals surface area (Å²) in [7, 11) is 0. The van der Waals surface area contributed by atoms with E-state index in [1.165, 1.54) is 6.42 Å². The highest BCUT2D eigenvalue weighted by atomic mass is 16.2. The van der Waals surface area contributed by atoms with Crippen molar-refractivity contribution in [3.63, 3.8) is 0 Å². The van der Waals surface area contributed by atoms with Gasteiger partial charge in [0.25, 0.3) is 0 Å². The number of carbonyl (C=O) groups excluding carboxylic acids is 1. The van der Waals surface area contributed by atoms with Gasteiger partial charge >= 0.3 is 6.03 Å². The minimum atomic E-state index is -0.217. The normalized spacial score (nSPS) is 19.4. The molecular formula is C13H21N5O. The Morgan fingerprint density at radius 2 is 2.42 bits per heavy atom. The van der Waals surface area contributed by atoms with Gasteiger partial charge in [-0.2, -0.15) is 0 Å². The first-order valence-corrected chi connectivity index (χ1v) is 6.70. The number of hydrogen-bond donors (Lipinski definition) is 2. The minimum Gasteiger partial charge on any atom is -0.337 e. The molecule has 19 heavy (non-hydrogen) atoms. The van der Waals surface area contributed by atoms with Crippen molar-refractivity contribution < 1.29 is 4.79 Å². The van der Waals surface area contributed by atoms with Crippen LogP contribution < -0.4 is 10.6 Å². The van der Waals surface area contributed by atoms with Gasteiger partial charge in [-0.1, -0.05) is 6.92 Å². The maximum atomic E-state index is 11.7. The Balaban J connectivity index is 1.67. The van der Waals surface area contributed by atoms with Gasteiger partial charge in [-0.15, -0.1) is 0 Å². The van der Waals surface area contributed by atoms with Gasteiger partial charge in [0, 0.05) is 25.8 Å². The fourth-order valence-electron chi connectivity index (χ4n) is 2.24. The molecule has 1 aliphatic rings. The number of amides is 2. The Bertz CT molecular complexity index is 437. The van der Waals surface area contributed by atoms with E-state index in [2.05, 4.69) is 32.4 Å². The van der Waals surface area contributed by atoms with Crippen LogP contribution in [0.4, 0.5) is 10.6 Å². The van der Waals surface area contributed by atoms with Crippen LogP contribution in [0.5, 0.6) is 0 Å². The Morgan fingerprint density at radius 1 is 1.58 bits per heavy atom. The average molecular weight is 263 g/mol. The molecule has 104 valence electrons. The van der Waals surface area contributed by atoms with Crippen LogP contribution in [0.1, 0.15) is 19.2 Å². The Labute approximate surface area is 113 Å². The van der Waals surface area contributed by atoms with E-state index in [1.54, 1.807) is 19.2 Å². The fraction of sp³-hybridized carbons (Fsp3) is 0.615. The fourth-order valence-corrected chi connectivity index (χ4v) is 2.24. The number of aryl methyl sites for hydroxylation is 1. The number of carbonyl (C=O) groups is 1. The summed E-state index contributed by atoms with van der Waals surface area (Å²) >= 11 is 0. The summed E-state index contributed by atoms with van der Waals surface area (Å²) in [5.41, 5.74) is 0. The molecule has 2 N–H and O–H groups in total. The Hall–Kier alpha value is -1.69. The van der Waals surface area contributed by atoms with Crippen LogP contribution in [-0.4, -0.2) is 47.1 Å². The maximum Gasteiger partial charge on any atom is 0.320 e. The van der Waals surface area contributed by atoms with Crippen molar-refractivity contribution in [2.45, 2.75) is 20.3 Å². The van der Waals surface area contributed by atoms with Crippen LogP contribution in [0.25, 0.3) is 0 Å². The quantitative estimate of drug-likeness (QED) is 0.857. The number of likely N-dealkylation sites (tertiary alicyclic amines) is 1. The highest BCUT2D eigenvalue weighted by Crippen LogP contribution is 2.13. The van der Waals surface area contributed by atoms with Crippen LogP contribution in [-0.2, 0) is 0 Å². The second-order valence-corrected chi connectivity index (χ2v) is 5.06. The molecule has 1 unspecified atom stereocenters. The number of nitrogens with zero attached hydrogens (tertiary/aromatic N) is 3. The first-order chi connectivity index (χ1) is 9.13. The molecule has 0 aromatic carbocycles. The van der Waals surface area contributed by atoms with E-state index in [9.17, 15) is 4.79 Å². The van der Waals surface area contributed by atoms with Gasteiger partial charge in [-0.3, -0.25) is 5.32 Å². The molecule has 0 aliphatic carbocycles. The lowest BCUT2D eigenvalue weighted by Gasteiger charge is -2.15. The van der Waals surface area contributed by atoms with Crippen LogP contribution in [0.3, 0.4) is 0 Å². The number of aromatic nitrogens is 2. The monoisotopic (exact) mass is 263 g/mol. The number of rotatable bonds is 4. The second-order valence-electron chi connectivity index (χ2n) is 5.06. The Kier molecular flexibility index (Phi) is 4.68. The predicted octanol–water partition coefficient (Wildman–Crippen LogP) is 1.25. The summed E-state index contributed by atoms with van der Waals surface area (Å²) in [5.74, 6) is 1.95.